The predicted molar refractivity (Wildman–Crippen MR) is 65.3 cm³/mol. The van der Waals surface area contributed by atoms with Gasteiger partial charge in [-0.3, -0.25) is 4.79 Å². The summed E-state index contributed by atoms with van der Waals surface area (Å²) in [5.41, 5.74) is 0. The second-order valence-electron chi connectivity index (χ2n) is 3.30. The molecule has 88 valence electrons. The lowest BCUT2D eigenvalue weighted by Crippen LogP contribution is -2.36. The van der Waals surface area contributed by atoms with Gasteiger partial charge < -0.3 is 4.90 Å². The molecule has 0 aromatic carbocycles. The summed E-state index contributed by atoms with van der Waals surface area (Å²) >= 11 is 1.40. The molecule has 0 fully saturated rings. The zero-order valence-corrected chi connectivity index (χ0v) is 10.7. The predicted octanol–water partition coefficient (Wildman–Crippen LogP) is 1.83. The Balaban J connectivity index is 2.58. The molecule has 1 aromatic rings. The van der Waals surface area contributed by atoms with E-state index >= 15 is 0 Å². The lowest BCUT2D eigenvalue weighted by Gasteiger charge is -2.21. The maximum atomic E-state index is 12.0. The largest absolute Gasteiger partial charge is 0.342 e. The fourth-order valence-electron chi connectivity index (χ4n) is 1.35. The van der Waals surface area contributed by atoms with Gasteiger partial charge in [0.1, 0.15) is 0 Å². The molecule has 1 atom stereocenters. The second-order valence-corrected chi connectivity index (χ2v) is 4.61. The number of hydrogen-bond donors (Lipinski definition) is 0. The molecule has 0 aliphatic carbocycles. The van der Waals surface area contributed by atoms with Gasteiger partial charge in [0.05, 0.1) is 5.25 Å². The van der Waals surface area contributed by atoms with Crippen LogP contribution >= 0.6 is 11.8 Å². The van der Waals surface area contributed by atoms with Crippen molar-refractivity contribution in [1.82, 2.24) is 14.9 Å². The first-order valence-corrected chi connectivity index (χ1v) is 6.29. The van der Waals surface area contributed by atoms with Gasteiger partial charge in [0.15, 0.2) is 5.16 Å². The zero-order chi connectivity index (χ0) is 12.0. The van der Waals surface area contributed by atoms with Crippen LogP contribution in [-0.2, 0) is 4.79 Å². The van der Waals surface area contributed by atoms with Crippen LogP contribution in [0.1, 0.15) is 20.8 Å². The van der Waals surface area contributed by atoms with Crippen molar-refractivity contribution in [1.29, 1.82) is 0 Å². The maximum absolute atomic E-state index is 12.0. The Morgan fingerprint density at radius 2 is 1.94 bits per heavy atom. The molecule has 0 saturated carbocycles. The van der Waals surface area contributed by atoms with Gasteiger partial charge in [-0.1, -0.05) is 11.8 Å². The van der Waals surface area contributed by atoms with E-state index in [0.29, 0.717) is 5.16 Å². The first-order chi connectivity index (χ1) is 7.69. The highest BCUT2D eigenvalue weighted by Crippen LogP contribution is 2.19. The smallest absolute Gasteiger partial charge is 0.235 e. The van der Waals surface area contributed by atoms with Crippen LogP contribution in [-0.4, -0.2) is 39.1 Å². The first-order valence-electron chi connectivity index (χ1n) is 5.41. The van der Waals surface area contributed by atoms with E-state index in [2.05, 4.69) is 9.97 Å². The number of hydrogen-bond acceptors (Lipinski definition) is 4. The van der Waals surface area contributed by atoms with Crippen molar-refractivity contribution in [3.8, 4) is 0 Å². The lowest BCUT2D eigenvalue weighted by molar-refractivity contribution is -0.129. The summed E-state index contributed by atoms with van der Waals surface area (Å²) < 4.78 is 0. The molecule has 5 heteroatoms. The Bertz CT molecular complexity index is 327. The van der Waals surface area contributed by atoms with Crippen molar-refractivity contribution in [2.45, 2.75) is 31.2 Å². The Morgan fingerprint density at radius 3 is 2.44 bits per heavy atom. The fourth-order valence-corrected chi connectivity index (χ4v) is 2.16. The van der Waals surface area contributed by atoms with E-state index in [1.165, 1.54) is 11.8 Å². The molecule has 1 rings (SSSR count). The van der Waals surface area contributed by atoms with Gasteiger partial charge in [-0.15, -0.1) is 0 Å². The molecule has 0 saturated heterocycles. The van der Waals surface area contributed by atoms with Gasteiger partial charge in [0.2, 0.25) is 5.91 Å². The summed E-state index contributed by atoms with van der Waals surface area (Å²) in [6, 6.07) is 1.76. The molecule has 16 heavy (non-hydrogen) atoms. The summed E-state index contributed by atoms with van der Waals surface area (Å²) in [5, 5.41) is 0.512. The average molecular weight is 239 g/mol. The summed E-state index contributed by atoms with van der Waals surface area (Å²) in [6.07, 6.45) is 3.37. The topological polar surface area (TPSA) is 46.1 Å². The molecule has 1 unspecified atom stereocenters. The fraction of sp³-hybridized carbons (Fsp3) is 0.545. The maximum Gasteiger partial charge on any atom is 0.235 e. The van der Waals surface area contributed by atoms with Crippen LogP contribution in [0.4, 0.5) is 0 Å². The number of rotatable bonds is 5. The monoisotopic (exact) mass is 239 g/mol. The van der Waals surface area contributed by atoms with Gasteiger partial charge in [-0.25, -0.2) is 9.97 Å². The number of amides is 1. The second kappa shape index (κ2) is 6.48. The Labute approximate surface area is 100 Å². The minimum atomic E-state index is -0.137. The van der Waals surface area contributed by atoms with E-state index in [0.717, 1.165) is 13.1 Å². The average Bonchev–Trinajstić information content (AvgIpc) is 2.31. The van der Waals surface area contributed by atoms with E-state index < -0.39 is 0 Å². The van der Waals surface area contributed by atoms with Crippen molar-refractivity contribution in [3.63, 3.8) is 0 Å². The standard InChI is InChI=1S/C11H17N3OS/c1-4-14(5-2)10(15)9(3)16-11-12-7-6-8-13-11/h6-9H,4-5H2,1-3H3. The van der Waals surface area contributed by atoms with Crippen LogP contribution in [0.3, 0.4) is 0 Å². The van der Waals surface area contributed by atoms with Gasteiger partial charge in [-0.2, -0.15) is 0 Å². The zero-order valence-electron chi connectivity index (χ0n) is 9.88. The first kappa shape index (κ1) is 13.0. The van der Waals surface area contributed by atoms with Crippen LogP contribution in [0, 0.1) is 0 Å². The third kappa shape index (κ3) is 3.48. The summed E-state index contributed by atoms with van der Waals surface area (Å²) in [6.45, 7) is 7.35. The molecule has 1 heterocycles. The molecule has 0 spiro atoms. The number of aromatic nitrogens is 2. The minimum absolute atomic E-state index is 0.137. The summed E-state index contributed by atoms with van der Waals surface area (Å²) in [4.78, 5) is 22.0. The van der Waals surface area contributed by atoms with E-state index in [1.54, 1.807) is 18.5 Å². The SMILES string of the molecule is CCN(CC)C(=O)C(C)Sc1ncccn1. The summed E-state index contributed by atoms with van der Waals surface area (Å²) in [5.74, 6) is 0.141. The van der Waals surface area contributed by atoms with Crippen LogP contribution in [0.5, 0.6) is 0 Å². The van der Waals surface area contributed by atoms with Crippen LogP contribution in [0.2, 0.25) is 0 Å². The number of thioether (sulfide) groups is 1. The molecule has 4 nitrogen and oxygen atoms in total. The van der Waals surface area contributed by atoms with Crippen molar-refractivity contribution < 1.29 is 4.79 Å². The minimum Gasteiger partial charge on any atom is -0.342 e. The highest BCUT2D eigenvalue weighted by atomic mass is 32.2. The van der Waals surface area contributed by atoms with Gasteiger partial charge >= 0.3 is 0 Å². The normalized spacial score (nSPS) is 12.2. The Kier molecular flexibility index (Phi) is 5.25. The number of carbonyl (C=O) groups is 1. The molecule has 0 N–H and O–H groups in total. The molecule has 1 aromatic heterocycles. The third-order valence-electron chi connectivity index (χ3n) is 2.25. The van der Waals surface area contributed by atoms with Crippen molar-refractivity contribution in [3.05, 3.63) is 18.5 Å². The molecular formula is C11H17N3OS. The third-order valence-corrected chi connectivity index (χ3v) is 3.22. The summed E-state index contributed by atoms with van der Waals surface area (Å²) in [7, 11) is 0. The molecule has 0 radical (unpaired) electrons. The lowest BCUT2D eigenvalue weighted by atomic mass is 10.4. The van der Waals surface area contributed by atoms with Gasteiger partial charge in [-0.05, 0) is 26.8 Å². The van der Waals surface area contributed by atoms with Crippen molar-refractivity contribution in [2.75, 3.05) is 13.1 Å². The van der Waals surface area contributed by atoms with E-state index in [-0.39, 0.29) is 11.2 Å². The Morgan fingerprint density at radius 1 is 1.38 bits per heavy atom. The van der Waals surface area contributed by atoms with E-state index in [1.807, 2.05) is 25.7 Å². The van der Waals surface area contributed by atoms with Crippen LogP contribution in [0.15, 0.2) is 23.6 Å². The Hall–Kier alpha value is -1.10. The molecule has 0 bridgehead atoms. The molecule has 0 aliphatic rings. The molecule has 0 aliphatic heterocycles. The molecular weight excluding hydrogens is 222 g/mol. The van der Waals surface area contributed by atoms with Crippen molar-refractivity contribution >= 4 is 17.7 Å². The number of carbonyl (C=O) groups excluding carboxylic acids is 1. The van der Waals surface area contributed by atoms with Crippen LogP contribution < -0.4 is 0 Å². The quantitative estimate of drug-likeness (QED) is 0.581. The van der Waals surface area contributed by atoms with E-state index in [4.69, 9.17) is 0 Å². The van der Waals surface area contributed by atoms with E-state index in [9.17, 15) is 4.79 Å². The van der Waals surface area contributed by atoms with Crippen LogP contribution in [0.25, 0.3) is 0 Å². The van der Waals surface area contributed by atoms with Crippen molar-refractivity contribution in [2.24, 2.45) is 0 Å². The highest BCUT2D eigenvalue weighted by molar-refractivity contribution is 8.00. The van der Waals surface area contributed by atoms with Gasteiger partial charge in [0.25, 0.3) is 0 Å². The molecule has 1 amide bonds. The highest BCUT2D eigenvalue weighted by Gasteiger charge is 2.19. The number of nitrogens with zero attached hydrogens (tertiary/aromatic N) is 3. The van der Waals surface area contributed by atoms with Gasteiger partial charge in [0, 0.05) is 25.5 Å².